The van der Waals surface area contributed by atoms with Gasteiger partial charge in [-0.25, -0.2) is 9.59 Å². The van der Waals surface area contributed by atoms with Gasteiger partial charge in [-0.1, -0.05) is 19.8 Å². The zero-order valence-electron chi connectivity index (χ0n) is 16.5. The van der Waals surface area contributed by atoms with E-state index >= 15 is 0 Å². The molecule has 1 aromatic carbocycles. The molecule has 3 atom stereocenters. The summed E-state index contributed by atoms with van der Waals surface area (Å²) in [4.78, 5) is 39.2. The Balaban J connectivity index is 1.61. The summed E-state index contributed by atoms with van der Waals surface area (Å²) in [5, 5.41) is 3.01. The number of benzene rings is 1. The van der Waals surface area contributed by atoms with Crippen molar-refractivity contribution >= 4 is 11.9 Å². The summed E-state index contributed by atoms with van der Waals surface area (Å²) in [6.07, 6.45) is 5.14. The molecule has 2 aromatic rings. The molecule has 1 aliphatic carbocycles. The van der Waals surface area contributed by atoms with Crippen molar-refractivity contribution < 1.29 is 14.3 Å². The number of carbonyl (C=O) groups is 2. The summed E-state index contributed by atoms with van der Waals surface area (Å²) < 4.78 is 6.84. The van der Waals surface area contributed by atoms with E-state index in [9.17, 15) is 14.4 Å². The van der Waals surface area contributed by atoms with Crippen LogP contribution in [0.15, 0.2) is 35.3 Å². The molecule has 150 valence electrons. The number of amides is 1. The molecule has 0 bridgehead atoms. The van der Waals surface area contributed by atoms with Crippen molar-refractivity contribution in [1.29, 1.82) is 0 Å². The minimum Gasteiger partial charge on any atom is -0.449 e. The number of hydrogen-bond donors (Lipinski definition) is 2. The number of nitrogens with one attached hydrogen (secondary N) is 2. The molecule has 3 rings (SSSR count). The van der Waals surface area contributed by atoms with Crippen LogP contribution in [0.1, 0.15) is 55.6 Å². The Morgan fingerprint density at radius 2 is 1.89 bits per heavy atom. The van der Waals surface area contributed by atoms with Crippen LogP contribution in [-0.2, 0) is 9.53 Å². The number of aromatic nitrogens is 2. The molecule has 1 heterocycles. The third-order valence-corrected chi connectivity index (χ3v) is 5.41. The minimum atomic E-state index is -0.865. The van der Waals surface area contributed by atoms with Crippen LogP contribution in [0, 0.1) is 12.8 Å². The van der Waals surface area contributed by atoms with Crippen LogP contribution >= 0.6 is 0 Å². The van der Waals surface area contributed by atoms with E-state index in [0.717, 1.165) is 25.0 Å². The number of aromatic amines is 1. The van der Waals surface area contributed by atoms with Crippen LogP contribution in [0.25, 0.3) is 5.69 Å². The molecule has 0 radical (unpaired) electrons. The quantitative estimate of drug-likeness (QED) is 0.774. The van der Waals surface area contributed by atoms with Gasteiger partial charge in [0.2, 0.25) is 0 Å². The Labute approximate surface area is 164 Å². The van der Waals surface area contributed by atoms with Crippen molar-refractivity contribution in [3.8, 4) is 5.69 Å². The Kier molecular flexibility index (Phi) is 6.02. The highest BCUT2D eigenvalue weighted by atomic mass is 16.5. The predicted molar refractivity (Wildman–Crippen MR) is 106 cm³/mol. The van der Waals surface area contributed by atoms with Crippen molar-refractivity contribution in [2.45, 2.75) is 58.6 Å². The fourth-order valence-corrected chi connectivity index (χ4v) is 3.64. The van der Waals surface area contributed by atoms with Crippen molar-refractivity contribution in [3.63, 3.8) is 0 Å². The van der Waals surface area contributed by atoms with E-state index in [0.29, 0.717) is 17.2 Å². The van der Waals surface area contributed by atoms with Gasteiger partial charge in [0.15, 0.2) is 6.10 Å². The summed E-state index contributed by atoms with van der Waals surface area (Å²) in [5.41, 5.74) is 1.51. The molecule has 1 aliphatic rings. The monoisotopic (exact) mass is 385 g/mol. The first-order valence-corrected chi connectivity index (χ1v) is 9.75. The molecular weight excluding hydrogens is 358 g/mol. The highest BCUT2D eigenvalue weighted by molar-refractivity contribution is 5.92. The molecule has 1 fully saturated rings. The van der Waals surface area contributed by atoms with Crippen molar-refractivity contribution in [2.24, 2.45) is 5.92 Å². The summed E-state index contributed by atoms with van der Waals surface area (Å²) in [6.45, 7) is 5.53. The fourth-order valence-electron chi connectivity index (χ4n) is 3.64. The highest BCUT2D eigenvalue weighted by Crippen LogP contribution is 2.23. The molecular formula is C21H27N3O4. The standard InChI is InChI=1S/C21H27N3O4/c1-13-6-4-5-7-18(13)23-19(25)15(3)28-20(26)16-8-10-17(11-9-16)24-14(2)12-22-21(24)27/h8-13,15,18H,4-7H2,1-3H3,(H,22,27)(H,23,25)/t13-,15-,18-/m1/s1. The lowest BCUT2D eigenvalue weighted by atomic mass is 9.86. The van der Waals surface area contributed by atoms with E-state index in [2.05, 4.69) is 17.2 Å². The zero-order valence-corrected chi connectivity index (χ0v) is 16.5. The maximum atomic E-state index is 12.4. The summed E-state index contributed by atoms with van der Waals surface area (Å²) in [5.74, 6) is -0.393. The Hall–Kier alpha value is -2.83. The smallest absolute Gasteiger partial charge is 0.338 e. The number of rotatable bonds is 5. The third kappa shape index (κ3) is 4.35. The molecule has 7 heteroatoms. The SMILES string of the molecule is Cc1c[nH]c(=O)n1-c1ccc(C(=O)O[C@H](C)C(=O)N[C@@H]2CCCC[C@H]2C)cc1. The molecule has 1 aromatic heterocycles. The minimum absolute atomic E-state index is 0.143. The van der Waals surface area contributed by atoms with Gasteiger partial charge in [-0.05, 0) is 56.9 Å². The molecule has 28 heavy (non-hydrogen) atoms. The Morgan fingerprint density at radius 3 is 2.50 bits per heavy atom. The van der Waals surface area contributed by atoms with Crippen molar-refractivity contribution in [1.82, 2.24) is 14.9 Å². The average Bonchev–Trinajstić information content (AvgIpc) is 3.02. The van der Waals surface area contributed by atoms with E-state index < -0.39 is 12.1 Å². The van der Waals surface area contributed by atoms with Gasteiger partial charge in [-0.2, -0.15) is 0 Å². The van der Waals surface area contributed by atoms with Crippen LogP contribution in [0.2, 0.25) is 0 Å². The first kappa shape index (κ1) is 19.9. The maximum Gasteiger partial charge on any atom is 0.338 e. The van der Waals surface area contributed by atoms with E-state index in [-0.39, 0.29) is 17.6 Å². The topological polar surface area (TPSA) is 93.2 Å². The predicted octanol–water partition coefficient (Wildman–Crippen LogP) is 2.71. The largest absolute Gasteiger partial charge is 0.449 e. The zero-order chi connectivity index (χ0) is 20.3. The normalized spacial score (nSPS) is 20.4. The Bertz CT molecular complexity index is 897. The van der Waals surface area contributed by atoms with Crippen LogP contribution in [0.3, 0.4) is 0 Å². The number of H-pyrrole nitrogens is 1. The van der Waals surface area contributed by atoms with Crippen molar-refractivity contribution in [2.75, 3.05) is 0 Å². The summed E-state index contributed by atoms with van der Waals surface area (Å²) >= 11 is 0. The lowest BCUT2D eigenvalue weighted by Gasteiger charge is -2.30. The first-order valence-electron chi connectivity index (χ1n) is 9.75. The molecule has 2 N–H and O–H groups in total. The molecule has 1 saturated carbocycles. The summed E-state index contributed by atoms with van der Waals surface area (Å²) in [6, 6.07) is 6.67. The van der Waals surface area contributed by atoms with E-state index in [1.807, 2.05) is 6.92 Å². The van der Waals surface area contributed by atoms with E-state index in [1.165, 1.54) is 11.0 Å². The third-order valence-electron chi connectivity index (χ3n) is 5.41. The van der Waals surface area contributed by atoms with Gasteiger partial charge in [-0.15, -0.1) is 0 Å². The van der Waals surface area contributed by atoms with Gasteiger partial charge in [0.25, 0.3) is 5.91 Å². The Morgan fingerprint density at radius 1 is 1.21 bits per heavy atom. The summed E-state index contributed by atoms with van der Waals surface area (Å²) in [7, 11) is 0. The number of aryl methyl sites for hydroxylation is 1. The number of nitrogens with zero attached hydrogens (tertiary/aromatic N) is 1. The average molecular weight is 385 g/mol. The second-order valence-electron chi connectivity index (χ2n) is 7.54. The molecule has 0 unspecified atom stereocenters. The first-order chi connectivity index (χ1) is 13.4. The van der Waals surface area contributed by atoms with Gasteiger partial charge in [0.1, 0.15) is 0 Å². The lowest BCUT2D eigenvalue weighted by Crippen LogP contribution is -2.45. The number of carbonyl (C=O) groups excluding carboxylic acids is 2. The fraction of sp³-hybridized carbons (Fsp3) is 0.476. The number of esters is 1. The van der Waals surface area contributed by atoms with E-state index in [4.69, 9.17) is 4.74 Å². The molecule has 1 amide bonds. The number of hydrogen-bond acceptors (Lipinski definition) is 4. The number of imidazole rings is 1. The van der Waals surface area contributed by atoms with Crippen LogP contribution in [-0.4, -0.2) is 33.6 Å². The van der Waals surface area contributed by atoms with Crippen LogP contribution in [0.5, 0.6) is 0 Å². The van der Waals surface area contributed by atoms with Crippen molar-refractivity contribution in [3.05, 3.63) is 52.2 Å². The second kappa shape index (κ2) is 8.46. The van der Waals surface area contributed by atoms with E-state index in [1.54, 1.807) is 37.4 Å². The van der Waals surface area contributed by atoms with Gasteiger partial charge in [0.05, 0.1) is 11.3 Å². The van der Waals surface area contributed by atoms with Gasteiger partial charge in [-0.3, -0.25) is 9.36 Å². The van der Waals surface area contributed by atoms with Gasteiger partial charge in [0, 0.05) is 17.9 Å². The second-order valence-corrected chi connectivity index (χ2v) is 7.54. The molecule has 7 nitrogen and oxygen atoms in total. The highest BCUT2D eigenvalue weighted by Gasteiger charge is 2.26. The van der Waals surface area contributed by atoms with Gasteiger partial charge >= 0.3 is 11.7 Å². The molecule has 0 saturated heterocycles. The lowest BCUT2D eigenvalue weighted by molar-refractivity contribution is -0.130. The van der Waals surface area contributed by atoms with Gasteiger partial charge < -0.3 is 15.0 Å². The number of ether oxygens (including phenoxy) is 1. The maximum absolute atomic E-state index is 12.4. The molecule has 0 aliphatic heterocycles. The molecule has 0 spiro atoms. The van der Waals surface area contributed by atoms with Crippen LogP contribution in [0.4, 0.5) is 0 Å². The van der Waals surface area contributed by atoms with Crippen LogP contribution < -0.4 is 11.0 Å².